The number of anilines is 1. The molecule has 0 aromatic heterocycles. The van der Waals surface area contributed by atoms with Gasteiger partial charge in [0.05, 0.1) is 17.7 Å². The van der Waals surface area contributed by atoms with Crippen LogP contribution in [0.1, 0.15) is 23.2 Å². The summed E-state index contributed by atoms with van der Waals surface area (Å²) >= 11 is 6.11. The van der Waals surface area contributed by atoms with E-state index in [0.29, 0.717) is 22.8 Å². The van der Waals surface area contributed by atoms with E-state index in [1.165, 1.54) is 0 Å². The normalized spacial score (nSPS) is 15.2. The van der Waals surface area contributed by atoms with Crippen LogP contribution in [0.5, 0.6) is 5.75 Å². The molecular formula is C11H12ClNO2. The topological polar surface area (TPSA) is 38.3 Å². The molecule has 2 rings (SSSR count). The van der Waals surface area contributed by atoms with E-state index in [9.17, 15) is 4.79 Å². The molecule has 4 heteroatoms. The third-order valence-corrected chi connectivity index (χ3v) is 2.88. The molecule has 0 bridgehead atoms. The number of nitrogens with one attached hydrogen (secondary N) is 1. The molecule has 1 aromatic carbocycles. The van der Waals surface area contributed by atoms with Crippen LogP contribution in [0.4, 0.5) is 5.69 Å². The molecule has 0 spiro atoms. The Morgan fingerprint density at radius 1 is 1.47 bits per heavy atom. The van der Waals surface area contributed by atoms with Crippen molar-refractivity contribution >= 4 is 23.1 Å². The van der Waals surface area contributed by atoms with Crippen LogP contribution >= 0.6 is 11.6 Å². The molecule has 15 heavy (non-hydrogen) atoms. The zero-order valence-electron chi connectivity index (χ0n) is 8.47. The van der Waals surface area contributed by atoms with Crippen LogP contribution in [0.25, 0.3) is 0 Å². The van der Waals surface area contributed by atoms with Crippen molar-refractivity contribution in [3.63, 3.8) is 0 Å². The molecular weight excluding hydrogens is 214 g/mol. The molecule has 0 aliphatic carbocycles. The Labute approximate surface area is 93.4 Å². The number of hydrogen-bond acceptors (Lipinski definition) is 3. The van der Waals surface area contributed by atoms with Crippen LogP contribution in [0, 0.1) is 0 Å². The zero-order chi connectivity index (χ0) is 10.8. The fourth-order valence-corrected chi connectivity index (χ4v) is 2.08. The molecule has 0 radical (unpaired) electrons. The minimum absolute atomic E-state index is 0.0823. The lowest BCUT2D eigenvalue weighted by molar-refractivity contribution is 0.0983. The minimum Gasteiger partial charge on any atom is -0.495 e. The van der Waals surface area contributed by atoms with Crippen LogP contribution in [0.2, 0.25) is 5.02 Å². The van der Waals surface area contributed by atoms with Crippen LogP contribution in [0.3, 0.4) is 0 Å². The predicted molar refractivity (Wildman–Crippen MR) is 60.1 cm³/mol. The summed E-state index contributed by atoms with van der Waals surface area (Å²) in [5.74, 6) is 0.631. The summed E-state index contributed by atoms with van der Waals surface area (Å²) < 4.78 is 5.09. The van der Waals surface area contributed by atoms with Crippen LogP contribution < -0.4 is 10.1 Å². The lowest BCUT2D eigenvalue weighted by Gasteiger charge is -2.11. The SMILES string of the molecule is COc1ccc2c(c1Cl)C(=O)CCCN2. The van der Waals surface area contributed by atoms with Crippen molar-refractivity contribution < 1.29 is 9.53 Å². The summed E-state index contributed by atoms with van der Waals surface area (Å²) in [6.45, 7) is 0.807. The van der Waals surface area contributed by atoms with Crippen molar-refractivity contribution in [2.24, 2.45) is 0 Å². The number of fused-ring (bicyclic) bond motifs is 1. The molecule has 0 fully saturated rings. The van der Waals surface area contributed by atoms with Crippen molar-refractivity contribution in [2.45, 2.75) is 12.8 Å². The van der Waals surface area contributed by atoms with Gasteiger partial charge in [0.2, 0.25) is 0 Å². The van der Waals surface area contributed by atoms with Gasteiger partial charge in [-0.05, 0) is 18.6 Å². The number of rotatable bonds is 1. The Kier molecular flexibility index (Phi) is 2.82. The number of hydrogen-bond donors (Lipinski definition) is 1. The second-order valence-corrected chi connectivity index (χ2v) is 3.84. The van der Waals surface area contributed by atoms with Gasteiger partial charge in [0.1, 0.15) is 5.75 Å². The van der Waals surface area contributed by atoms with E-state index in [-0.39, 0.29) is 5.78 Å². The molecule has 0 saturated carbocycles. The van der Waals surface area contributed by atoms with Gasteiger partial charge in [0, 0.05) is 18.7 Å². The Bertz CT molecular complexity index is 404. The fraction of sp³-hybridized carbons (Fsp3) is 0.364. The summed E-state index contributed by atoms with van der Waals surface area (Å²) in [7, 11) is 1.54. The standard InChI is InChI=1S/C11H12ClNO2/c1-15-9-5-4-7-10(11(9)12)8(14)3-2-6-13-7/h4-5,13H,2-3,6H2,1H3. The summed E-state index contributed by atoms with van der Waals surface area (Å²) in [5.41, 5.74) is 1.37. The van der Waals surface area contributed by atoms with E-state index in [4.69, 9.17) is 16.3 Å². The summed E-state index contributed by atoms with van der Waals surface area (Å²) in [5, 5.41) is 3.60. The van der Waals surface area contributed by atoms with Crippen molar-refractivity contribution in [2.75, 3.05) is 19.0 Å². The Hall–Kier alpha value is -1.22. The number of ketones is 1. The molecule has 1 aromatic rings. The van der Waals surface area contributed by atoms with Gasteiger partial charge in [0.25, 0.3) is 0 Å². The van der Waals surface area contributed by atoms with Gasteiger partial charge in [-0.3, -0.25) is 4.79 Å². The highest BCUT2D eigenvalue weighted by molar-refractivity contribution is 6.36. The van der Waals surface area contributed by atoms with E-state index in [1.807, 2.05) is 6.07 Å². The number of carbonyl (C=O) groups is 1. The number of carbonyl (C=O) groups excluding carboxylic acids is 1. The van der Waals surface area contributed by atoms with E-state index in [0.717, 1.165) is 18.7 Å². The molecule has 80 valence electrons. The van der Waals surface area contributed by atoms with Crippen molar-refractivity contribution in [3.05, 3.63) is 22.7 Å². The van der Waals surface area contributed by atoms with E-state index in [2.05, 4.69) is 5.32 Å². The monoisotopic (exact) mass is 225 g/mol. The number of ether oxygens (including phenoxy) is 1. The first-order valence-electron chi connectivity index (χ1n) is 4.87. The van der Waals surface area contributed by atoms with Gasteiger partial charge >= 0.3 is 0 Å². The number of Topliss-reactive ketones (excluding diaryl/α,β-unsaturated/α-hetero) is 1. The lowest BCUT2D eigenvalue weighted by Crippen LogP contribution is -2.02. The van der Waals surface area contributed by atoms with Crippen LogP contribution in [0.15, 0.2) is 12.1 Å². The van der Waals surface area contributed by atoms with Crippen LogP contribution in [-0.2, 0) is 0 Å². The third kappa shape index (κ3) is 1.79. The second-order valence-electron chi connectivity index (χ2n) is 3.46. The highest BCUT2D eigenvalue weighted by atomic mass is 35.5. The Morgan fingerprint density at radius 2 is 2.27 bits per heavy atom. The molecule has 1 heterocycles. The summed E-state index contributed by atoms with van der Waals surface area (Å²) in [4.78, 5) is 11.8. The third-order valence-electron chi connectivity index (χ3n) is 2.50. The number of benzene rings is 1. The van der Waals surface area contributed by atoms with Gasteiger partial charge in [0.15, 0.2) is 5.78 Å². The Morgan fingerprint density at radius 3 is 3.00 bits per heavy atom. The highest BCUT2D eigenvalue weighted by Gasteiger charge is 2.20. The molecule has 0 saturated heterocycles. The summed E-state index contributed by atoms with van der Waals surface area (Å²) in [6, 6.07) is 3.61. The molecule has 1 N–H and O–H groups in total. The van der Waals surface area contributed by atoms with Crippen molar-refractivity contribution in [3.8, 4) is 5.75 Å². The molecule has 0 amide bonds. The highest BCUT2D eigenvalue weighted by Crippen LogP contribution is 2.35. The second kappa shape index (κ2) is 4.11. The molecule has 1 aliphatic heterocycles. The first kappa shape index (κ1) is 10.3. The average Bonchev–Trinajstić information content (AvgIpc) is 2.41. The van der Waals surface area contributed by atoms with E-state index < -0.39 is 0 Å². The van der Waals surface area contributed by atoms with E-state index in [1.54, 1.807) is 13.2 Å². The van der Waals surface area contributed by atoms with Gasteiger partial charge in [-0.1, -0.05) is 11.6 Å². The van der Waals surface area contributed by atoms with Gasteiger partial charge < -0.3 is 10.1 Å². The predicted octanol–water partition coefficient (Wildman–Crippen LogP) is 2.74. The smallest absolute Gasteiger partial charge is 0.166 e. The number of halogens is 1. The van der Waals surface area contributed by atoms with E-state index >= 15 is 0 Å². The van der Waals surface area contributed by atoms with Crippen LogP contribution in [-0.4, -0.2) is 19.4 Å². The first-order chi connectivity index (χ1) is 7.24. The minimum atomic E-state index is 0.0823. The van der Waals surface area contributed by atoms with Crippen molar-refractivity contribution in [1.29, 1.82) is 0 Å². The average molecular weight is 226 g/mol. The maximum Gasteiger partial charge on any atom is 0.166 e. The number of methoxy groups -OCH3 is 1. The summed E-state index contributed by atoms with van der Waals surface area (Å²) in [6.07, 6.45) is 1.37. The van der Waals surface area contributed by atoms with Crippen molar-refractivity contribution in [1.82, 2.24) is 0 Å². The van der Waals surface area contributed by atoms with Gasteiger partial charge in [-0.15, -0.1) is 0 Å². The maximum absolute atomic E-state index is 11.8. The molecule has 3 nitrogen and oxygen atoms in total. The lowest BCUT2D eigenvalue weighted by atomic mass is 10.1. The maximum atomic E-state index is 11.8. The van der Waals surface area contributed by atoms with Gasteiger partial charge in [-0.2, -0.15) is 0 Å². The molecule has 1 aliphatic rings. The first-order valence-corrected chi connectivity index (χ1v) is 5.25. The quantitative estimate of drug-likeness (QED) is 0.799. The molecule has 0 unspecified atom stereocenters. The van der Waals surface area contributed by atoms with Gasteiger partial charge in [-0.25, -0.2) is 0 Å². The largest absolute Gasteiger partial charge is 0.495 e. The Balaban J connectivity index is 2.57. The fourth-order valence-electron chi connectivity index (χ4n) is 1.73. The molecule has 0 atom stereocenters. The zero-order valence-corrected chi connectivity index (χ0v) is 9.23.